The van der Waals surface area contributed by atoms with Gasteiger partial charge in [0.2, 0.25) is 0 Å². The molecule has 0 bridgehead atoms. The summed E-state index contributed by atoms with van der Waals surface area (Å²) in [7, 11) is -2.91. The molecule has 2 unspecified atom stereocenters. The molecule has 0 aliphatic carbocycles. The van der Waals surface area contributed by atoms with Crippen LogP contribution in [0.25, 0.3) is 0 Å². The summed E-state index contributed by atoms with van der Waals surface area (Å²) in [4.78, 5) is 7.08. The quantitative estimate of drug-likeness (QED) is 0.543. The molecule has 8 heteroatoms. The number of nitrogens with zero attached hydrogens (tertiary/aromatic N) is 2. The zero-order chi connectivity index (χ0) is 20.0. The zero-order valence-corrected chi connectivity index (χ0v) is 17.7. The van der Waals surface area contributed by atoms with E-state index in [1.807, 2.05) is 6.92 Å². The number of hydrogen-bond acceptors (Lipinski definition) is 5. The van der Waals surface area contributed by atoms with Crippen molar-refractivity contribution in [3.05, 3.63) is 35.4 Å². The Labute approximate surface area is 168 Å². The molecule has 2 atom stereocenters. The molecule has 2 heterocycles. The van der Waals surface area contributed by atoms with E-state index in [-0.39, 0.29) is 23.7 Å². The average Bonchev–Trinajstić information content (AvgIpc) is 2.99. The molecule has 156 valence electrons. The standard InChI is InChI=1S/C20H32N4O3S/c1-3-21-20(23-19-7-10-28(25,26)15-19)22-12-17-5-4-6-18(11-17)14-24-8-9-27-16(2)13-24/h4-6,11,16,19H,3,7-10,12-15H2,1-2H3,(H2,21,22,23). The van der Waals surface area contributed by atoms with Crippen molar-refractivity contribution in [3.63, 3.8) is 0 Å². The van der Waals surface area contributed by atoms with Gasteiger partial charge in [0.25, 0.3) is 0 Å². The summed E-state index contributed by atoms with van der Waals surface area (Å²) in [5, 5.41) is 6.48. The third kappa shape index (κ3) is 6.46. The largest absolute Gasteiger partial charge is 0.376 e. The van der Waals surface area contributed by atoms with Crippen molar-refractivity contribution in [1.82, 2.24) is 15.5 Å². The van der Waals surface area contributed by atoms with Crippen LogP contribution in [0.3, 0.4) is 0 Å². The monoisotopic (exact) mass is 408 g/mol. The Morgan fingerprint density at radius 2 is 2.18 bits per heavy atom. The SMILES string of the molecule is CCNC(=NCc1cccc(CN2CCOC(C)C2)c1)NC1CCS(=O)(=O)C1. The van der Waals surface area contributed by atoms with E-state index in [1.54, 1.807) is 0 Å². The normalized spacial score (nSPS) is 25.6. The topological polar surface area (TPSA) is 83.0 Å². The third-order valence-electron chi connectivity index (χ3n) is 5.06. The Bertz CT molecular complexity index is 781. The van der Waals surface area contributed by atoms with Gasteiger partial charge >= 0.3 is 0 Å². The van der Waals surface area contributed by atoms with Gasteiger partial charge in [0.15, 0.2) is 15.8 Å². The Morgan fingerprint density at radius 1 is 1.36 bits per heavy atom. The molecule has 2 saturated heterocycles. The average molecular weight is 409 g/mol. The van der Waals surface area contributed by atoms with E-state index in [0.717, 1.165) is 38.3 Å². The number of ether oxygens (including phenoxy) is 1. The first-order valence-corrected chi connectivity index (χ1v) is 11.9. The number of sulfone groups is 1. The highest BCUT2D eigenvalue weighted by Gasteiger charge is 2.28. The van der Waals surface area contributed by atoms with Crippen molar-refractivity contribution >= 4 is 15.8 Å². The van der Waals surface area contributed by atoms with Crippen LogP contribution in [-0.2, 0) is 27.7 Å². The van der Waals surface area contributed by atoms with Gasteiger partial charge in [-0.25, -0.2) is 13.4 Å². The molecule has 0 spiro atoms. The first-order chi connectivity index (χ1) is 13.4. The van der Waals surface area contributed by atoms with Gasteiger partial charge in [-0.1, -0.05) is 24.3 Å². The van der Waals surface area contributed by atoms with Gasteiger partial charge in [0.05, 0.1) is 30.8 Å². The summed E-state index contributed by atoms with van der Waals surface area (Å²) < 4.78 is 29.0. The van der Waals surface area contributed by atoms with E-state index in [0.29, 0.717) is 18.9 Å². The highest BCUT2D eigenvalue weighted by atomic mass is 32.2. The van der Waals surface area contributed by atoms with Crippen molar-refractivity contribution in [2.75, 3.05) is 37.7 Å². The smallest absolute Gasteiger partial charge is 0.191 e. The Balaban J connectivity index is 1.59. The van der Waals surface area contributed by atoms with E-state index in [1.165, 1.54) is 5.56 Å². The predicted molar refractivity (Wildman–Crippen MR) is 112 cm³/mol. The molecule has 1 aromatic carbocycles. The van der Waals surface area contributed by atoms with Crippen LogP contribution < -0.4 is 10.6 Å². The maximum atomic E-state index is 11.7. The lowest BCUT2D eigenvalue weighted by atomic mass is 10.1. The maximum absolute atomic E-state index is 11.7. The molecular weight excluding hydrogens is 376 g/mol. The molecule has 2 aliphatic rings. The first kappa shape index (κ1) is 21.1. The molecule has 2 aliphatic heterocycles. The molecule has 0 amide bonds. The van der Waals surface area contributed by atoms with Crippen molar-refractivity contribution in [2.45, 2.75) is 45.5 Å². The molecule has 0 saturated carbocycles. The maximum Gasteiger partial charge on any atom is 0.191 e. The zero-order valence-electron chi connectivity index (χ0n) is 16.9. The molecular formula is C20H32N4O3S. The van der Waals surface area contributed by atoms with Crippen molar-refractivity contribution in [1.29, 1.82) is 0 Å². The summed E-state index contributed by atoms with van der Waals surface area (Å²) in [6, 6.07) is 8.46. The van der Waals surface area contributed by atoms with Gasteiger partial charge in [-0.05, 0) is 31.4 Å². The summed E-state index contributed by atoms with van der Waals surface area (Å²) >= 11 is 0. The number of guanidine groups is 1. The van der Waals surface area contributed by atoms with E-state index < -0.39 is 9.84 Å². The molecule has 3 rings (SSSR count). The summed E-state index contributed by atoms with van der Waals surface area (Å²) in [6.07, 6.45) is 0.926. The van der Waals surface area contributed by atoms with Crippen molar-refractivity contribution in [3.8, 4) is 0 Å². The van der Waals surface area contributed by atoms with Gasteiger partial charge in [-0.3, -0.25) is 4.90 Å². The number of hydrogen-bond donors (Lipinski definition) is 2. The van der Waals surface area contributed by atoms with Crippen LogP contribution >= 0.6 is 0 Å². The molecule has 1 aromatic rings. The van der Waals surface area contributed by atoms with E-state index in [4.69, 9.17) is 4.74 Å². The Morgan fingerprint density at radius 3 is 2.89 bits per heavy atom. The van der Waals surface area contributed by atoms with Gasteiger partial charge in [0, 0.05) is 32.2 Å². The van der Waals surface area contributed by atoms with Crippen LogP contribution in [0.1, 0.15) is 31.4 Å². The molecule has 7 nitrogen and oxygen atoms in total. The fourth-order valence-corrected chi connectivity index (χ4v) is 5.38. The Hall–Kier alpha value is -1.64. The summed E-state index contributed by atoms with van der Waals surface area (Å²) in [6.45, 7) is 9.05. The van der Waals surface area contributed by atoms with Gasteiger partial charge in [-0.15, -0.1) is 0 Å². The third-order valence-corrected chi connectivity index (χ3v) is 6.83. The van der Waals surface area contributed by atoms with E-state index in [9.17, 15) is 8.42 Å². The molecule has 2 fully saturated rings. The molecule has 28 heavy (non-hydrogen) atoms. The van der Waals surface area contributed by atoms with Crippen LogP contribution in [-0.4, -0.2) is 69.2 Å². The summed E-state index contributed by atoms with van der Waals surface area (Å²) in [5.74, 6) is 1.12. The highest BCUT2D eigenvalue weighted by molar-refractivity contribution is 7.91. The number of benzene rings is 1. The minimum Gasteiger partial charge on any atom is -0.376 e. The molecule has 0 aromatic heterocycles. The lowest BCUT2D eigenvalue weighted by Gasteiger charge is -2.31. The lowest BCUT2D eigenvalue weighted by Crippen LogP contribution is -2.44. The van der Waals surface area contributed by atoms with Crippen LogP contribution in [0.2, 0.25) is 0 Å². The number of rotatable bonds is 6. The Kier molecular flexibility index (Phi) is 7.31. The highest BCUT2D eigenvalue weighted by Crippen LogP contribution is 2.13. The number of morpholine rings is 1. The molecule has 0 radical (unpaired) electrons. The second-order valence-corrected chi connectivity index (χ2v) is 9.90. The van der Waals surface area contributed by atoms with Gasteiger partial charge in [0.1, 0.15) is 0 Å². The number of nitrogens with one attached hydrogen (secondary N) is 2. The van der Waals surface area contributed by atoms with Crippen LogP contribution in [0.4, 0.5) is 0 Å². The van der Waals surface area contributed by atoms with Crippen LogP contribution in [0.5, 0.6) is 0 Å². The fourth-order valence-electron chi connectivity index (χ4n) is 3.71. The van der Waals surface area contributed by atoms with E-state index >= 15 is 0 Å². The van der Waals surface area contributed by atoms with E-state index in [2.05, 4.69) is 51.7 Å². The second kappa shape index (κ2) is 9.71. The minimum absolute atomic E-state index is 0.0579. The van der Waals surface area contributed by atoms with Gasteiger partial charge in [-0.2, -0.15) is 0 Å². The first-order valence-electron chi connectivity index (χ1n) is 10.1. The molecule has 2 N–H and O–H groups in total. The minimum atomic E-state index is -2.91. The predicted octanol–water partition coefficient (Wildman–Crippen LogP) is 1.15. The van der Waals surface area contributed by atoms with Crippen molar-refractivity contribution < 1.29 is 13.2 Å². The summed E-state index contributed by atoms with van der Waals surface area (Å²) in [5.41, 5.74) is 2.43. The lowest BCUT2D eigenvalue weighted by molar-refractivity contribution is -0.0212. The van der Waals surface area contributed by atoms with Crippen LogP contribution in [0, 0.1) is 0 Å². The van der Waals surface area contributed by atoms with Gasteiger partial charge < -0.3 is 15.4 Å². The number of aliphatic imine (C=N–C) groups is 1. The fraction of sp³-hybridized carbons (Fsp3) is 0.650. The van der Waals surface area contributed by atoms with Crippen LogP contribution in [0.15, 0.2) is 29.3 Å². The van der Waals surface area contributed by atoms with Crippen molar-refractivity contribution in [2.24, 2.45) is 4.99 Å². The second-order valence-electron chi connectivity index (χ2n) is 7.68.